The quantitative estimate of drug-likeness (QED) is 0.827. The van der Waals surface area contributed by atoms with Crippen LogP contribution in [0.5, 0.6) is 0 Å². The smallest absolute Gasteiger partial charge is 0.241 e. The molecule has 1 unspecified atom stereocenters. The minimum atomic E-state index is 0.0393. The van der Waals surface area contributed by atoms with Gasteiger partial charge in [-0.25, -0.2) is 0 Å². The van der Waals surface area contributed by atoms with Crippen LogP contribution in [0.1, 0.15) is 37.1 Å². The second kappa shape index (κ2) is 6.30. The number of amides is 1. The number of nitrogens with one attached hydrogen (secondary N) is 2. The Hall–Kier alpha value is -1.82. The molecule has 0 saturated heterocycles. The van der Waals surface area contributed by atoms with Gasteiger partial charge in [0.25, 0.3) is 0 Å². The van der Waals surface area contributed by atoms with Crippen molar-refractivity contribution in [3.05, 3.63) is 34.8 Å². The summed E-state index contributed by atoms with van der Waals surface area (Å²) in [5.74, 6) is 0.0393. The molecule has 1 amide bonds. The van der Waals surface area contributed by atoms with Crippen molar-refractivity contribution in [3.63, 3.8) is 0 Å². The Balaban J connectivity index is 1.57. The third-order valence-electron chi connectivity index (χ3n) is 3.52. The number of rotatable bonds is 7. The van der Waals surface area contributed by atoms with Gasteiger partial charge in [-0.1, -0.05) is 13.0 Å². The second-order valence-electron chi connectivity index (χ2n) is 5.39. The summed E-state index contributed by atoms with van der Waals surface area (Å²) in [4.78, 5) is 13.1. The molecular weight excluding hydrogens is 284 g/mol. The summed E-state index contributed by atoms with van der Waals surface area (Å²) in [5, 5.41) is 12.8. The number of carbonyl (C=O) groups excluding carboxylic acids is 1. The first kappa shape index (κ1) is 14.1. The normalized spacial score (nSPS) is 15.7. The summed E-state index contributed by atoms with van der Waals surface area (Å²) in [6.07, 6.45) is 6.89. The fraction of sp³-hybridized carbons (Fsp3) is 0.467. The minimum Gasteiger partial charge on any atom is -0.375 e. The highest BCUT2D eigenvalue weighted by Crippen LogP contribution is 2.25. The zero-order chi connectivity index (χ0) is 14.7. The van der Waals surface area contributed by atoms with E-state index in [1.165, 1.54) is 4.88 Å². The predicted octanol–water partition coefficient (Wildman–Crippen LogP) is 2.79. The zero-order valence-corrected chi connectivity index (χ0v) is 12.9. The van der Waals surface area contributed by atoms with Crippen molar-refractivity contribution in [2.45, 2.75) is 44.8 Å². The van der Waals surface area contributed by atoms with Crippen LogP contribution in [0.4, 0.5) is 5.69 Å². The topological polar surface area (TPSA) is 59.0 Å². The molecule has 21 heavy (non-hydrogen) atoms. The molecule has 3 rings (SSSR count). The van der Waals surface area contributed by atoms with Crippen LogP contribution in [0, 0.1) is 0 Å². The van der Waals surface area contributed by atoms with Crippen molar-refractivity contribution in [1.29, 1.82) is 0 Å². The van der Waals surface area contributed by atoms with E-state index in [0.29, 0.717) is 12.1 Å². The number of hydrogen-bond acceptors (Lipinski definition) is 4. The maximum atomic E-state index is 11.7. The molecule has 1 aliphatic rings. The molecule has 5 nitrogen and oxygen atoms in total. The van der Waals surface area contributed by atoms with Gasteiger partial charge in [-0.15, -0.1) is 11.3 Å². The molecular formula is C15H20N4OS. The van der Waals surface area contributed by atoms with Crippen molar-refractivity contribution in [1.82, 2.24) is 15.1 Å². The van der Waals surface area contributed by atoms with Crippen LogP contribution in [-0.4, -0.2) is 21.7 Å². The summed E-state index contributed by atoms with van der Waals surface area (Å²) in [7, 11) is 0. The average molecular weight is 304 g/mol. The van der Waals surface area contributed by atoms with E-state index >= 15 is 0 Å². The minimum absolute atomic E-state index is 0.0393. The van der Waals surface area contributed by atoms with E-state index in [-0.39, 0.29) is 12.5 Å². The van der Waals surface area contributed by atoms with E-state index in [1.54, 1.807) is 22.2 Å². The molecule has 2 aromatic rings. The number of nitrogens with zero attached hydrogens (tertiary/aromatic N) is 2. The lowest BCUT2D eigenvalue weighted by molar-refractivity contribution is -0.122. The Labute approximate surface area is 128 Å². The molecule has 1 saturated carbocycles. The molecule has 0 aliphatic heterocycles. The molecule has 6 heteroatoms. The van der Waals surface area contributed by atoms with Gasteiger partial charge in [-0.05, 0) is 30.7 Å². The van der Waals surface area contributed by atoms with Gasteiger partial charge in [0.1, 0.15) is 6.54 Å². The third-order valence-corrected chi connectivity index (χ3v) is 4.50. The number of carbonyl (C=O) groups is 1. The highest BCUT2D eigenvalue weighted by atomic mass is 32.1. The maximum Gasteiger partial charge on any atom is 0.241 e. The highest BCUT2D eigenvalue weighted by molar-refractivity contribution is 7.10. The van der Waals surface area contributed by atoms with Crippen LogP contribution >= 0.6 is 11.3 Å². The van der Waals surface area contributed by atoms with Crippen molar-refractivity contribution in [2.24, 2.45) is 0 Å². The van der Waals surface area contributed by atoms with Gasteiger partial charge in [0, 0.05) is 17.1 Å². The zero-order valence-electron chi connectivity index (χ0n) is 12.1. The van der Waals surface area contributed by atoms with Crippen LogP contribution in [0.15, 0.2) is 29.9 Å². The number of hydrogen-bond donors (Lipinski definition) is 2. The number of anilines is 1. The van der Waals surface area contributed by atoms with Crippen LogP contribution in [0.3, 0.4) is 0 Å². The molecule has 2 heterocycles. The lowest BCUT2D eigenvalue weighted by Gasteiger charge is -2.14. The molecule has 1 aliphatic carbocycles. The van der Waals surface area contributed by atoms with E-state index in [0.717, 1.165) is 24.9 Å². The van der Waals surface area contributed by atoms with E-state index in [1.807, 2.05) is 6.20 Å². The summed E-state index contributed by atoms with van der Waals surface area (Å²) < 4.78 is 1.68. The monoisotopic (exact) mass is 304 g/mol. The van der Waals surface area contributed by atoms with Crippen molar-refractivity contribution in [2.75, 3.05) is 5.32 Å². The number of thiophene rings is 1. The third kappa shape index (κ3) is 3.85. The van der Waals surface area contributed by atoms with E-state index < -0.39 is 0 Å². The van der Waals surface area contributed by atoms with Gasteiger partial charge in [0.15, 0.2) is 0 Å². The van der Waals surface area contributed by atoms with Crippen LogP contribution in [0.2, 0.25) is 0 Å². The summed E-state index contributed by atoms with van der Waals surface area (Å²) in [5.41, 5.74) is 0.953. The van der Waals surface area contributed by atoms with Gasteiger partial charge in [-0.2, -0.15) is 5.10 Å². The van der Waals surface area contributed by atoms with E-state index in [4.69, 9.17) is 0 Å². The molecule has 0 spiro atoms. The van der Waals surface area contributed by atoms with Crippen molar-refractivity contribution >= 4 is 22.9 Å². The van der Waals surface area contributed by atoms with Crippen molar-refractivity contribution in [3.8, 4) is 0 Å². The molecule has 0 aromatic carbocycles. The van der Waals surface area contributed by atoms with Crippen molar-refractivity contribution < 1.29 is 4.79 Å². The lowest BCUT2D eigenvalue weighted by Crippen LogP contribution is -2.29. The Kier molecular flexibility index (Phi) is 4.24. The second-order valence-corrected chi connectivity index (χ2v) is 6.37. The highest BCUT2D eigenvalue weighted by Gasteiger charge is 2.23. The summed E-state index contributed by atoms with van der Waals surface area (Å²) >= 11 is 1.75. The lowest BCUT2D eigenvalue weighted by atomic mass is 10.2. The first-order chi connectivity index (χ1) is 10.2. The predicted molar refractivity (Wildman–Crippen MR) is 84.4 cm³/mol. The Bertz CT molecular complexity index is 589. The van der Waals surface area contributed by atoms with Gasteiger partial charge >= 0.3 is 0 Å². The fourth-order valence-corrected chi connectivity index (χ4v) is 3.10. The average Bonchev–Trinajstić information content (AvgIpc) is 2.94. The van der Waals surface area contributed by atoms with E-state index in [2.05, 4.69) is 40.2 Å². The molecule has 112 valence electrons. The van der Waals surface area contributed by atoms with Crippen LogP contribution in [-0.2, 0) is 11.3 Å². The molecule has 0 bridgehead atoms. The first-order valence-electron chi connectivity index (χ1n) is 7.36. The van der Waals surface area contributed by atoms with Gasteiger partial charge in [0.2, 0.25) is 5.91 Å². The molecule has 1 atom stereocenters. The summed E-state index contributed by atoms with van der Waals surface area (Å²) in [6, 6.07) is 4.90. The van der Waals surface area contributed by atoms with Gasteiger partial charge in [0.05, 0.1) is 17.9 Å². The Morgan fingerprint density at radius 2 is 2.43 bits per heavy atom. The van der Waals surface area contributed by atoms with Crippen LogP contribution in [0.25, 0.3) is 0 Å². The van der Waals surface area contributed by atoms with Gasteiger partial charge in [-0.3, -0.25) is 9.48 Å². The summed E-state index contributed by atoms with van der Waals surface area (Å²) in [6.45, 7) is 2.44. The van der Waals surface area contributed by atoms with Gasteiger partial charge < -0.3 is 10.6 Å². The molecule has 1 fully saturated rings. The van der Waals surface area contributed by atoms with Crippen LogP contribution < -0.4 is 10.6 Å². The molecule has 2 aromatic heterocycles. The number of aromatic nitrogens is 2. The van der Waals surface area contributed by atoms with E-state index in [9.17, 15) is 4.79 Å². The first-order valence-corrected chi connectivity index (χ1v) is 8.24. The largest absolute Gasteiger partial charge is 0.375 e. The standard InChI is InChI=1S/C15H20N4OS/c1-2-13(14-4-3-7-21-14)17-12-8-16-19(9-12)10-15(20)18-11-5-6-11/h3-4,7-9,11,13,17H,2,5-6,10H2,1H3,(H,18,20). The molecule has 0 radical (unpaired) electrons. The fourth-order valence-electron chi connectivity index (χ4n) is 2.24. The maximum absolute atomic E-state index is 11.7. The SMILES string of the molecule is CCC(Nc1cnn(CC(=O)NC2CC2)c1)c1cccs1. The Morgan fingerprint density at radius 1 is 1.57 bits per heavy atom. The molecule has 2 N–H and O–H groups in total. The Morgan fingerprint density at radius 3 is 3.10 bits per heavy atom.